The third kappa shape index (κ3) is 3.59. The van der Waals surface area contributed by atoms with Gasteiger partial charge in [-0.05, 0) is 42.5 Å². The minimum Gasteiger partial charge on any atom is -0.496 e. The lowest BCUT2D eigenvalue weighted by atomic mass is 10.1. The van der Waals surface area contributed by atoms with Crippen LogP contribution in [0.4, 0.5) is 0 Å². The standard InChI is InChI=1S/C16H17N3O4S/c1-23-12-6-10-4-2-3-9(10)5-11(12)8-17-19-16-18-15(22)13(24-16)7-14(20)21/h5-6,8,13H,2-4,7H2,1H3,(H,20,21)(H,18,19,22). The van der Waals surface area contributed by atoms with E-state index in [1.165, 1.54) is 11.1 Å². The van der Waals surface area contributed by atoms with Gasteiger partial charge < -0.3 is 15.2 Å². The number of carboxylic acid groups (broad SMARTS) is 1. The zero-order valence-corrected chi connectivity index (χ0v) is 13.9. The molecule has 1 aliphatic carbocycles. The molecule has 1 heterocycles. The average molecular weight is 347 g/mol. The monoisotopic (exact) mass is 347 g/mol. The molecule has 0 radical (unpaired) electrons. The number of thioether (sulfide) groups is 1. The Morgan fingerprint density at radius 1 is 1.46 bits per heavy atom. The molecule has 1 unspecified atom stereocenters. The second-order valence-electron chi connectivity index (χ2n) is 5.56. The molecule has 0 spiro atoms. The Morgan fingerprint density at radius 2 is 2.21 bits per heavy atom. The second-order valence-corrected chi connectivity index (χ2v) is 6.75. The minimum atomic E-state index is -1.02. The number of hydrogen-bond donors (Lipinski definition) is 2. The third-order valence-corrected chi connectivity index (χ3v) is 5.00. The minimum absolute atomic E-state index is 0.238. The number of benzene rings is 1. The molecule has 0 aromatic heterocycles. The summed E-state index contributed by atoms with van der Waals surface area (Å²) in [5.74, 6) is -0.631. The number of carbonyl (C=O) groups is 2. The van der Waals surface area contributed by atoms with Crippen LogP contribution in [-0.4, -0.2) is 40.7 Å². The van der Waals surface area contributed by atoms with E-state index in [1.54, 1.807) is 13.3 Å². The molecular formula is C16H17N3O4S. The molecule has 2 N–H and O–H groups in total. The summed E-state index contributed by atoms with van der Waals surface area (Å²) >= 11 is 1.08. The van der Waals surface area contributed by atoms with Crippen LogP contribution in [0, 0.1) is 0 Å². The van der Waals surface area contributed by atoms with Gasteiger partial charge in [0.2, 0.25) is 5.91 Å². The van der Waals surface area contributed by atoms with Crippen LogP contribution in [0.1, 0.15) is 29.5 Å². The molecule has 1 aromatic rings. The fourth-order valence-electron chi connectivity index (χ4n) is 2.79. The van der Waals surface area contributed by atoms with Gasteiger partial charge in [-0.3, -0.25) is 9.59 Å². The van der Waals surface area contributed by atoms with Crippen LogP contribution >= 0.6 is 11.8 Å². The average Bonchev–Trinajstić information content (AvgIpc) is 3.12. The highest BCUT2D eigenvalue weighted by Gasteiger charge is 2.32. The van der Waals surface area contributed by atoms with Crippen LogP contribution in [0.2, 0.25) is 0 Å². The summed E-state index contributed by atoms with van der Waals surface area (Å²) in [5, 5.41) is 18.9. The summed E-state index contributed by atoms with van der Waals surface area (Å²) in [4.78, 5) is 22.3. The molecule has 1 aromatic carbocycles. The number of rotatable bonds is 5. The number of amidine groups is 1. The van der Waals surface area contributed by atoms with Crippen LogP contribution in [0.5, 0.6) is 5.75 Å². The quantitative estimate of drug-likeness (QED) is 0.622. The van der Waals surface area contributed by atoms with E-state index in [2.05, 4.69) is 21.6 Å². The zero-order chi connectivity index (χ0) is 17.1. The van der Waals surface area contributed by atoms with Crippen molar-refractivity contribution in [1.29, 1.82) is 0 Å². The van der Waals surface area contributed by atoms with E-state index >= 15 is 0 Å². The van der Waals surface area contributed by atoms with Crippen molar-refractivity contribution in [3.05, 3.63) is 28.8 Å². The molecule has 24 heavy (non-hydrogen) atoms. The van der Waals surface area contributed by atoms with Crippen molar-refractivity contribution in [2.75, 3.05) is 7.11 Å². The van der Waals surface area contributed by atoms with Gasteiger partial charge in [0.1, 0.15) is 11.0 Å². The Labute approximate surface area is 143 Å². The molecule has 1 fully saturated rings. The van der Waals surface area contributed by atoms with Crippen molar-refractivity contribution >= 4 is 35.0 Å². The predicted molar refractivity (Wildman–Crippen MR) is 91.8 cm³/mol. The number of amides is 1. The molecule has 0 saturated carbocycles. The van der Waals surface area contributed by atoms with Crippen LogP contribution in [0.15, 0.2) is 22.3 Å². The van der Waals surface area contributed by atoms with E-state index < -0.39 is 11.2 Å². The van der Waals surface area contributed by atoms with Crippen molar-refractivity contribution in [3.63, 3.8) is 0 Å². The summed E-state index contributed by atoms with van der Waals surface area (Å²) in [6.07, 6.45) is 4.62. The molecule has 2 aliphatic rings. The first kappa shape index (κ1) is 16.5. The number of carboxylic acids is 1. The van der Waals surface area contributed by atoms with Crippen molar-refractivity contribution in [3.8, 4) is 5.75 Å². The largest absolute Gasteiger partial charge is 0.496 e. The summed E-state index contributed by atoms with van der Waals surface area (Å²) in [6, 6.07) is 4.09. The van der Waals surface area contributed by atoms with E-state index in [0.29, 0.717) is 5.17 Å². The van der Waals surface area contributed by atoms with Crippen molar-refractivity contribution in [2.24, 2.45) is 10.2 Å². The Bertz CT molecular complexity index is 745. The molecule has 0 bridgehead atoms. The summed E-state index contributed by atoms with van der Waals surface area (Å²) in [6.45, 7) is 0. The van der Waals surface area contributed by atoms with Crippen molar-refractivity contribution < 1.29 is 19.4 Å². The Hall–Kier alpha value is -2.35. The van der Waals surface area contributed by atoms with Gasteiger partial charge in [-0.1, -0.05) is 11.8 Å². The van der Waals surface area contributed by atoms with Gasteiger partial charge in [0.05, 0.1) is 19.7 Å². The van der Waals surface area contributed by atoms with Gasteiger partial charge in [-0.15, -0.1) is 5.10 Å². The Balaban J connectivity index is 1.73. The van der Waals surface area contributed by atoms with Gasteiger partial charge in [-0.25, -0.2) is 0 Å². The summed E-state index contributed by atoms with van der Waals surface area (Å²) < 4.78 is 5.39. The fourth-order valence-corrected chi connectivity index (χ4v) is 3.70. The zero-order valence-electron chi connectivity index (χ0n) is 13.1. The Kier molecular flexibility index (Phi) is 4.84. The van der Waals surface area contributed by atoms with Crippen molar-refractivity contribution in [2.45, 2.75) is 30.9 Å². The lowest BCUT2D eigenvalue weighted by molar-refractivity contribution is -0.138. The predicted octanol–water partition coefficient (Wildman–Crippen LogP) is 1.58. The molecular weight excluding hydrogens is 330 g/mol. The third-order valence-electron chi connectivity index (χ3n) is 3.93. The molecule has 1 saturated heterocycles. The molecule has 7 nitrogen and oxygen atoms in total. The second kappa shape index (κ2) is 7.04. The number of ether oxygens (including phenoxy) is 1. The van der Waals surface area contributed by atoms with E-state index in [9.17, 15) is 9.59 Å². The summed E-state index contributed by atoms with van der Waals surface area (Å²) in [5.41, 5.74) is 3.44. The topological polar surface area (TPSA) is 100 Å². The van der Waals surface area contributed by atoms with Gasteiger partial charge in [0, 0.05) is 5.56 Å². The van der Waals surface area contributed by atoms with Gasteiger partial charge in [0.25, 0.3) is 0 Å². The summed E-state index contributed by atoms with van der Waals surface area (Å²) in [7, 11) is 1.61. The number of fused-ring (bicyclic) bond motifs is 1. The fraction of sp³-hybridized carbons (Fsp3) is 0.375. The first-order chi connectivity index (χ1) is 11.6. The first-order valence-corrected chi connectivity index (χ1v) is 8.45. The number of methoxy groups -OCH3 is 1. The van der Waals surface area contributed by atoms with Gasteiger partial charge in [0.15, 0.2) is 5.17 Å². The lowest BCUT2D eigenvalue weighted by Gasteiger charge is -2.07. The normalized spacial score (nSPS) is 21.3. The molecule has 1 amide bonds. The molecule has 3 rings (SSSR count). The highest BCUT2D eigenvalue weighted by Crippen LogP contribution is 2.29. The van der Waals surface area contributed by atoms with Crippen LogP contribution < -0.4 is 10.1 Å². The maximum Gasteiger partial charge on any atom is 0.305 e. The smallest absolute Gasteiger partial charge is 0.305 e. The van der Waals surface area contributed by atoms with Crippen LogP contribution in [-0.2, 0) is 22.4 Å². The van der Waals surface area contributed by atoms with E-state index in [4.69, 9.17) is 9.84 Å². The molecule has 126 valence electrons. The number of nitrogens with one attached hydrogen (secondary N) is 1. The van der Waals surface area contributed by atoms with E-state index in [-0.39, 0.29) is 12.3 Å². The Morgan fingerprint density at radius 3 is 2.92 bits per heavy atom. The maximum atomic E-state index is 11.6. The van der Waals surface area contributed by atoms with Crippen LogP contribution in [0.3, 0.4) is 0 Å². The van der Waals surface area contributed by atoms with Gasteiger partial charge >= 0.3 is 5.97 Å². The number of aryl methyl sites for hydroxylation is 2. The first-order valence-electron chi connectivity index (χ1n) is 7.57. The molecule has 1 aliphatic heterocycles. The van der Waals surface area contributed by atoms with Crippen LogP contribution in [0.25, 0.3) is 0 Å². The van der Waals surface area contributed by atoms with Gasteiger partial charge in [-0.2, -0.15) is 5.10 Å². The number of carbonyl (C=O) groups excluding carboxylic acids is 1. The lowest BCUT2D eigenvalue weighted by Crippen LogP contribution is -2.26. The highest BCUT2D eigenvalue weighted by molar-refractivity contribution is 8.15. The van der Waals surface area contributed by atoms with Crippen molar-refractivity contribution in [1.82, 2.24) is 5.32 Å². The molecule has 8 heteroatoms. The number of nitrogens with zero attached hydrogens (tertiary/aromatic N) is 2. The maximum absolute atomic E-state index is 11.6. The number of hydrogen-bond acceptors (Lipinski definition) is 6. The number of aliphatic carboxylic acids is 1. The van der Waals surface area contributed by atoms with E-state index in [1.807, 2.05) is 6.07 Å². The SMILES string of the molecule is COc1cc2c(cc1C=NN=C1NC(=O)C(CC(=O)O)S1)CCC2. The van der Waals surface area contributed by atoms with E-state index in [0.717, 1.165) is 42.3 Å². The molecule has 1 atom stereocenters. The highest BCUT2D eigenvalue weighted by atomic mass is 32.2.